The lowest BCUT2D eigenvalue weighted by molar-refractivity contribution is -0.291. The van der Waals surface area contributed by atoms with E-state index in [4.69, 9.17) is 38.9 Å². The molecular formula is C34H36O16. The minimum atomic E-state index is -1.30. The summed E-state index contributed by atoms with van der Waals surface area (Å²) >= 11 is 0. The maximum Gasteiger partial charge on any atom is 0.339 e. The summed E-state index contributed by atoms with van der Waals surface area (Å²) in [6.45, 7) is 12.8. The number of esters is 4. The predicted molar refractivity (Wildman–Crippen MR) is 171 cm³/mol. The van der Waals surface area contributed by atoms with Crippen molar-refractivity contribution in [1.29, 1.82) is 0 Å². The first-order valence-electron chi connectivity index (χ1n) is 14.3. The molecule has 2 rings (SSSR count). The zero-order valence-electron chi connectivity index (χ0n) is 27.3. The molecule has 0 heterocycles. The number of carbonyl (C=O) groups excluding carboxylic acids is 4. The van der Waals surface area contributed by atoms with E-state index >= 15 is 0 Å². The van der Waals surface area contributed by atoms with Gasteiger partial charge < -0.3 is 34.0 Å². The summed E-state index contributed by atoms with van der Waals surface area (Å²) in [5, 5.41) is 18.1. The normalized spacial score (nSPS) is 9.80. The molecule has 2 N–H and O–H groups in total. The van der Waals surface area contributed by atoms with E-state index in [1.165, 1.54) is 25.1 Å². The Labute approximate surface area is 286 Å². The van der Waals surface area contributed by atoms with Crippen molar-refractivity contribution in [2.75, 3.05) is 46.2 Å². The van der Waals surface area contributed by atoms with Crippen molar-refractivity contribution >= 4 is 35.8 Å². The number of ether oxygens (including phenoxy) is 4. The van der Waals surface area contributed by atoms with Crippen LogP contribution in [0.2, 0.25) is 0 Å². The Morgan fingerprint density at radius 1 is 0.660 bits per heavy atom. The molecule has 16 heteroatoms. The van der Waals surface area contributed by atoms with E-state index in [1.54, 1.807) is 13.0 Å². The number of carboxylic acids is 2. The van der Waals surface area contributed by atoms with Crippen molar-refractivity contribution in [3.05, 3.63) is 113 Å². The van der Waals surface area contributed by atoms with Crippen LogP contribution in [0.1, 0.15) is 65.6 Å². The van der Waals surface area contributed by atoms with Crippen LogP contribution in [0.5, 0.6) is 0 Å². The Kier molecular flexibility index (Phi) is 19.6. The lowest BCUT2D eigenvalue weighted by Gasteiger charge is -2.11. The highest BCUT2D eigenvalue weighted by molar-refractivity contribution is 6.05. The van der Waals surface area contributed by atoms with Gasteiger partial charge in [-0.15, -0.1) is 0 Å². The van der Waals surface area contributed by atoms with E-state index < -0.39 is 35.8 Å². The first-order chi connectivity index (χ1) is 23.8. The molecule has 0 aliphatic carbocycles. The fourth-order valence-corrected chi connectivity index (χ4v) is 3.15. The van der Waals surface area contributed by atoms with Crippen LogP contribution in [-0.4, -0.2) is 92.3 Å². The Bertz CT molecular complexity index is 1590. The minimum Gasteiger partial charge on any atom is -0.478 e. The average molecular weight is 701 g/mol. The number of benzene rings is 2. The highest BCUT2D eigenvalue weighted by Gasteiger charge is 2.22. The van der Waals surface area contributed by atoms with Crippen LogP contribution >= 0.6 is 0 Å². The third kappa shape index (κ3) is 16.2. The van der Waals surface area contributed by atoms with Crippen LogP contribution < -0.4 is 0 Å². The molecule has 0 amide bonds. The molecule has 268 valence electrons. The Balaban J connectivity index is 0.000000561. The highest BCUT2D eigenvalue weighted by Crippen LogP contribution is 2.16. The summed E-state index contributed by atoms with van der Waals surface area (Å²) in [5.41, 5.74) is 2.38. The second kappa shape index (κ2) is 23.3. The maximum atomic E-state index is 12.4. The monoisotopic (exact) mass is 700 g/mol. The third-order valence-electron chi connectivity index (χ3n) is 5.37. The van der Waals surface area contributed by atoms with E-state index in [2.05, 4.69) is 35.2 Å². The Morgan fingerprint density at radius 2 is 1.18 bits per heavy atom. The molecule has 0 aliphatic heterocycles. The first kappa shape index (κ1) is 42.0. The van der Waals surface area contributed by atoms with Crippen molar-refractivity contribution in [2.24, 2.45) is 0 Å². The minimum absolute atomic E-state index is 0.000835. The molecule has 0 aromatic heterocycles. The number of aromatic carboxylic acids is 2. The summed E-state index contributed by atoms with van der Waals surface area (Å²) in [5.74, 6) is -5.75. The summed E-state index contributed by atoms with van der Waals surface area (Å²) in [7, 11) is 0. The van der Waals surface area contributed by atoms with E-state index in [1.807, 2.05) is 0 Å². The first-order valence-corrected chi connectivity index (χ1v) is 14.3. The second-order valence-electron chi connectivity index (χ2n) is 9.52. The van der Waals surface area contributed by atoms with Gasteiger partial charge in [-0.3, -0.25) is 0 Å². The lowest BCUT2D eigenvalue weighted by atomic mass is 10.0. The third-order valence-corrected chi connectivity index (χ3v) is 5.37. The lowest BCUT2D eigenvalue weighted by Crippen LogP contribution is -2.19. The maximum absolute atomic E-state index is 12.4. The van der Waals surface area contributed by atoms with Gasteiger partial charge in [0.2, 0.25) is 0 Å². The van der Waals surface area contributed by atoms with Crippen molar-refractivity contribution < 1.29 is 77.5 Å². The number of carboxylic acid groups (broad SMARTS) is 2. The standard InChI is InChI=1S/C21H24O10.C13H12O6/c1-13(2)12-31-30-10-9-29-20(25)16-6-5-15(18(22)23)11-17(16)21(26)28-8-7-27-19(24)14(3)4;1-2-7-18-19-9-8-17-13(16)11-6-4-3-5-10(11)12(14)15/h5-6,11H,1,3,7-10,12H2,2,4H3,(H,22,23);3-7H,1,8-9H2,(H,14,15). The molecule has 0 unspecified atom stereocenters. The van der Waals surface area contributed by atoms with E-state index in [0.29, 0.717) is 0 Å². The molecule has 0 aliphatic rings. The van der Waals surface area contributed by atoms with Crippen LogP contribution in [0.3, 0.4) is 0 Å². The van der Waals surface area contributed by atoms with Gasteiger partial charge in [-0.1, -0.05) is 43.2 Å². The molecule has 2 aromatic rings. The average Bonchev–Trinajstić information content (AvgIpc) is 3.09. The zero-order chi connectivity index (χ0) is 37.5. The predicted octanol–water partition coefficient (Wildman–Crippen LogP) is 4.13. The van der Waals surface area contributed by atoms with E-state index in [-0.39, 0.29) is 79.6 Å². The fourth-order valence-electron chi connectivity index (χ4n) is 3.15. The van der Waals surface area contributed by atoms with Gasteiger partial charge in [0.25, 0.3) is 0 Å². The number of hydrogen-bond donors (Lipinski definition) is 2. The molecule has 0 fully saturated rings. The molecule has 0 radical (unpaired) electrons. The zero-order valence-corrected chi connectivity index (χ0v) is 27.3. The van der Waals surface area contributed by atoms with Gasteiger partial charge in [0.15, 0.2) is 6.26 Å². The number of hydrogen-bond acceptors (Lipinski definition) is 14. The van der Waals surface area contributed by atoms with Gasteiger partial charge in [0.05, 0.1) is 27.8 Å². The number of rotatable bonds is 20. The smallest absolute Gasteiger partial charge is 0.339 e. The molecule has 50 heavy (non-hydrogen) atoms. The molecule has 16 nitrogen and oxygen atoms in total. The quantitative estimate of drug-likeness (QED) is 0.0228. The Morgan fingerprint density at radius 3 is 1.72 bits per heavy atom. The SMILES string of the molecule is C=C(C)COOCCOC(=O)c1ccc(C(=O)O)cc1C(=O)OCCOC(=O)C(=C)C.C=C=COOCCOC(=O)c1ccccc1C(=O)O. The Hall–Kier alpha value is -6.06. The van der Waals surface area contributed by atoms with Crippen LogP contribution in [-0.2, 0) is 43.3 Å². The summed E-state index contributed by atoms with van der Waals surface area (Å²) < 4.78 is 19.6. The summed E-state index contributed by atoms with van der Waals surface area (Å²) in [4.78, 5) is 88.4. The molecular weight excluding hydrogens is 664 g/mol. The summed E-state index contributed by atoms with van der Waals surface area (Å²) in [6.07, 6.45) is 1.10. The van der Waals surface area contributed by atoms with Gasteiger partial charge in [-0.05, 0) is 44.2 Å². The highest BCUT2D eigenvalue weighted by atomic mass is 17.2. The summed E-state index contributed by atoms with van der Waals surface area (Å²) in [6, 6.07) is 9.07. The van der Waals surface area contributed by atoms with Gasteiger partial charge in [-0.25, -0.2) is 38.5 Å². The molecule has 0 bridgehead atoms. The van der Waals surface area contributed by atoms with Gasteiger partial charge in [0.1, 0.15) is 46.2 Å². The topological polar surface area (TPSA) is 217 Å². The van der Waals surface area contributed by atoms with Crippen molar-refractivity contribution in [3.8, 4) is 0 Å². The van der Waals surface area contributed by atoms with Crippen LogP contribution in [0.25, 0.3) is 0 Å². The van der Waals surface area contributed by atoms with Crippen LogP contribution in [0.4, 0.5) is 0 Å². The van der Waals surface area contributed by atoms with Crippen molar-refractivity contribution in [3.63, 3.8) is 0 Å². The molecule has 2 aromatic carbocycles. The van der Waals surface area contributed by atoms with E-state index in [0.717, 1.165) is 30.0 Å². The van der Waals surface area contributed by atoms with Gasteiger partial charge >= 0.3 is 35.8 Å². The van der Waals surface area contributed by atoms with Crippen LogP contribution in [0, 0.1) is 0 Å². The van der Waals surface area contributed by atoms with Gasteiger partial charge in [-0.2, -0.15) is 4.89 Å². The molecule has 0 atom stereocenters. The molecule has 0 spiro atoms. The molecule has 0 saturated heterocycles. The number of carbonyl (C=O) groups is 6. The molecule has 0 saturated carbocycles. The van der Waals surface area contributed by atoms with Crippen molar-refractivity contribution in [2.45, 2.75) is 13.8 Å². The van der Waals surface area contributed by atoms with Gasteiger partial charge in [0, 0.05) is 5.57 Å². The largest absolute Gasteiger partial charge is 0.478 e. The van der Waals surface area contributed by atoms with Crippen molar-refractivity contribution in [1.82, 2.24) is 0 Å². The fraction of sp³-hybridized carbons (Fsp3) is 0.265. The second-order valence-corrected chi connectivity index (χ2v) is 9.52. The van der Waals surface area contributed by atoms with Crippen LogP contribution in [0.15, 0.2) is 85.3 Å². The van der Waals surface area contributed by atoms with E-state index in [9.17, 15) is 28.8 Å².